The van der Waals surface area contributed by atoms with E-state index in [4.69, 9.17) is 66.2 Å². The Hall–Kier alpha value is -17.0. The fraction of sp³-hybridized carbons (Fsp3) is 0.235. The molecule has 25 heteroatoms. The quantitative estimate of drug-likeness (QED) is 0.101. The van der Waals surface area contributed by atoms with E-state index in [-0.39, 0.29) is 117 Å². The van der Waals surface area contributed by atoms with Gasteiger partial charge in [-0.3, -0.25) is 15.0 Å². The van der Waals surface area contributed by atoms with Crippen LogP contribution in [0.5, 0.6) is 0 Å². The van der Waals surface area contributed by atoms with Gasteiger partial charge in [-0.15, -0.1) is 0 Å². The SMILES string of the molecule is [C-]#[N+]C1=C[C@@]2(C)c3nc(-c4ccc5ncccc5c4)nc(-c4ccccc4F)c3CC[C@@H]2[C@@H](C)C1=O.[C-]#[N+]C1=C[C@@]2(C)c3nc(-c4cccc5ncccc45)nc(-c4ccccc4F)c3CC[C@@H]2[C@@H](C)C1=O.[C-]#[N+]C1=C[C@@]2(C)c3nc(-c4cnc5ccccc5c4)nc(-c4ccccc4F)c3CC[C@@H]2[C@@H](C)C1=O.[C-]#[N+]C1=C[C@@]2(C)c3nc(-c4ncnc5ccccc45)nc(-c4ccccc4F)c3CC[C@@H]2[C@@H](C)C1=O. The van der Waals surface area contributed by atoms with E-state index in [2.05, 4.69) is 58.1 Å². The molecule has 8 aromatic heterocycles. The number of rotatable bonds is 8. The van der Waals surface area contributed by atoms with Gasteiger partial charge in [0.1, 0.15) is 35.3 Å². The molecule has 0 unspecified atom stereocenters. The van der Waals surface area contributed by atoms with E-state index in [1.54, 1.807) is 116 Å². The van der Waals surface area contributed by atoms with Crippen LogP contribution in [0.4, 0.5) is 17.6 Å². The number of nitrogens with zero attached hydrogens (tertiary/aromatic N) is 17. The van der Waals surface area contributed by atoms with Crippen LogP contribution in [0.1, 0.15) is 126 Å². The van der Waals surface area contributed by atoms with Gasteiger partial charge < -0.3 is 19.2 Å². The monoisotopic (exact) mass is 1900 g/mol. The Morgan fingerprint density at radius 1 is 0.299 bits per heavy atom. The first kappa shape index (κ1) is 93.3. The first-order valence-corrected chi connectivity index (χ1v) is 48.1. The average molecular weight is 1900 g/mol. The van der Waals surface area contributed by atoms with E-state index in [0.717, 1.165) is 131 Å². The Balaban J connectivity index is 0.000000113. The van der Waals surface area contributed by atoms with E-state index >= 15 is 17.6 Å². The Morgan fingerprint density at radius 2 is 0.618 bits per heavy atom. The molecule has 0 saturated heterocycles. The van der Waals surface area contributed by atoms with Crippen molar-refractivity contribution in [3.8, 4) is 90.7 Å². The molecule has 12 atom stereocenters. The highest BCUT2D eigenvalue weighted by Gasteiger charge is 2.55. The van der Waals surface area contributed by atoms with Crippen molar-refractivity contribution in [3.63, 3.8) is 0 Å². The van der Waals surface area contributed by atoms with Gasteiger partial charge in [0.2, 0.25) is 22.8 Å². The maximum atomic E-state index is 15.1. The Labute approximate surface area is 828 Å². The molecule has 704 valence electrons. The fourth-order valence-electron chi connectivity index (χ4n) is 23.9. The molecule has 0 aliphatic heterocycles. The zero-order valence-corrected chi connectivity index (χ0v) is 79.8. The number of aromatic nitrogens is 13. The van der Waals surface area contributed by atoms with Gasteiger partial charge >= 0.3 is 0 Å². The second-order valence-electron chi connectivity index (χ2n) is 39.1. The van der Waals surface area contributed by atoms with Crippen molar-refractivity contribution in [1.82, 2.24) is 64.8 Å². The number of hydrogen-bond acceptors (Lipinski definition) is 17. The van der Waals surface area contributed by atoms with Crippen LogP contribution in [-0.2, 0) is 66.5 Å². The second-order valence-corrected chi connectivity index (χ2v) is 39.1. The summed E-state index contributed by atoms with van der Waals surface area (Å²) in [5.41, 5.74) is 14.6. The van der Waals surface area contributed by atoms with Crippen LogP contribution in [0, 0.1) is 96.9 Å². The fourth-order valence-corrected chi connectivity index (χ4v) is 23.9. The van der Waals surface area contributed by atoms with Crippen molar-refractivity contribution in [1.29, 1.82) is 0 Å². The van der Waals surface area contributed by atoms with Crippen LogP contribution in [-0.4, -0.2) is 87.9 Å². The summed E-state index contributed by atoms with van der Waals surface area (Å²) in [5, 5.41) is 3.61. The summed E-state index contributed by atoms with van der Waals surface area (Å²) in [4.78, 5) is 128. The number of halogens is 4. The summed E-state index contributed by atoms with van der Waals surface area (Å²) in [7, 11) is 0. The van der Waals surface area contributed by atoms with Crippen molar-refractivity contribution in [2.24, 2.45) is 47.3 Å². The molecule has 0 amide bonds. The molecule has 0 fully saturated rings. The number of carbonyl (C=O) groups is 4. The van der Waals surface area contributed by atoms with Crippen LogP contribution in [0.15, 0.2) is 284 Å². The molecular formula is C119H91F4N17O4. The van der Waals surface area contributed by atoms with Crippen LogP contribution in [0.25, 0.3) is 154 Å². The minimum Gasteiger partial charge on any atom is -0.308 e. The molecule has 0 bridgehead atoms. The molecule has 0 N–H and O–H groups in total. The van der Waals surface area contributed by atoms with Gasteiger partial charge in [-0.1, -0.05) is 189 Å². The predicted octanol–water partition coefficient (Wildman–Crippen LogP) is 24.8. The highest BCUT2D eigenvalue weighted by Crippen LogP contribution is 2.57. The van der Waals surface area contributed by atoms with Crippen molar-refractivity contribution in [2.75, 3.05) is 0 Å². The van der Waals surface area contributed by atoms with Gasteiger partial charge in [-0.2, -0.15) is 0 Å². The summed E-state index contributed by atoms with van der Waals surface area (Å²) < 4.78 is 60.4. The molecule has 144 heavy (non-hydrogen) atoms. The summed E-state index contributed by atoms with van der Waals surface area (Å²) in [6, 6.07) is 63.4. The molecule has 24 rings (SSSR count). The molecule has 0 spiro atoms. The standard InChI is InChI=1S/3C30H23FN4O.C29H22FN5O/c1-17-22-13-12-21-26(20-9-5-6-10-23(20)31)34-29(19-14-18-8-4-7-11-24(18)33-16-19)35-28(21)30(22,2)15-25(32-3)27(17)36;1-17-22-14-13-21-26(20-8-4-5-11-23(20)31)34-29(19-9-6-12-24-18(19)10-7-15-33-24)35-28(21)30(22,2)16-25(32-3)27(17)36;1-17-22-12-11-21-26(20-8-4-5-9-23(20)31)34-29(19-10-13-24-18(15-19)7-6-14-33-24)35-28(21)30(22,2)16-25(32-3)27(17)36;1-16-20-13-12-19-24(17-8-4-6-10-21(17)30)34-28(25-18-9-5-7-11-22(18)32-15-33-25)35-27(19)29(20,2)14-23(31-3)26(16)36/h4-11,14-17,22H,12-13H2,1-2H3;4-12,15-17,22H,13-14H2,1-2H3;4-10,13-17,22H,11-12H2,1-2H3;4-11,14-16,20H,12-13H2,1-2H3/t3*17-,22-,30-;16-,20-,29-/m1111/s1. The number of ketones is 4. The Morgan fingerprint density at radius 3 is 1.06 bits per heavy atom. The highest BCUT2D eigenvalue weighted by atomic mass is 19.1. The molecule has 0 radical (unpaired) electrons. The van der Waals surface area contributed by atoms with Gasteiger partial charge in [0.25, 0.3) is 0 Å². The lowest BCUT2D eigenvalue weighted by Gasteiger charge is -2.46. The van der Waals surface area contributed by atoms with E-state index in [1.165, 1.54) is 30.6 Å². The first-order valence-electron chi connectivity index (χ1n) is 48.1. The normalized spacial score (nSPS) is 22.9. The number of carbonyl (C=O) groups excluding carboxylic acids is 4. The average Bonchev–Trinajstić information content (AvgIpc) is 0.730. The van der Waals surface area contributed by atoms with Crippen LogP contribution in [0.2, 0.25) is 0 Å². The largest absolute Gasteiger partial charge is 0.308 e. The summed E-state index contributed by atoms with van der Waals surface area (Å²) >= 11 is 0. The number of hydrogen-bond donors (Lipinski definition) is 0. The number of fused-ring (bicyclic) bond motifs is 16. The van der Waals surface area contributed by atoms with Gasteiger partial charge in [-0.25, -0.2) is 86.8 Å². The minimum atomic E-state index is -0.679. The smallest absolute Gasteiger partial charge is 0.226 e. The number of Topliss-reactive ketones (excluding diaryl/α,β-unsaturated/α-hetero) is 4. The van der Waals surface area contributed by atoms with Crippen LogP contribution >= 0.6 is 0 Å². The lowest BCUT2D eigenvalue weighted by Crippen LogP contribution is -2.46. The second kappa shape index (κ2) is 36.9. The zero-order chi connectivity index (χ0) is 100. The van der Waals surface area contributed by atoms with E-state index < -0.39 is 21.7 Å². The van der Waals surface area contributed by atoms with Gasteiger partial charge in [-0.05, 0) is 178 Å². The lowest BCUT2D eigenvalue weighted by atomic mass is 9.58. The van der Waals surface area contributed by atoms with Crippen LogP contribution < -0.4 is 0 Å². The van der Waals surface area contributed by atoms with Gasteiger partial charge in [0.05, 0.1) is 93.9 Å². The molecule has 8 aliphatic carbocycles. The predicted molar refractivity (Wildman–Crippen MR) is 543 cm³/mol. The highest BCUT2D eigenvalue weighted by molar-refractivity contribution is 6.04. The van der Waals surface area contributed by atoms with Gasteiger partial charge in [0, 0.05) is 147 Å². The maximum Gasteiger partial charge on any atom is 0.226 e. The first-order chi connectivity index (χ1) is 69.6. The van der Waals surface area contributed by atoms with Gasteiger partial charge in [0.15, 0.2) is 46.4 Å². The van der Waals surface area contributed by atoms with Crippen molar-refractivity contribution in [3.05, 3.63) is 398 Å². The summed E-state index contributed by atoms with van der Waals surface area (Å²) in [6.07, 6.45) is 19.3. The van der Waals surface area contributed by atoms with Crippen LogP contribution in [0.3, 0.4) is 0 Å². The Bertz CT molecular complexity index is 7990. The third-order valence-electron chi connectivity index (χ3n) is 31.1. The molecule has 8 aromatic carbocycles. The third kappa shape index (κ3) is 15.8. The van der Waals surface area contributed by atoms with Crippen molar-refractivity contribution < 1.29 is 36.7 Å². The molecule has 16 aromatic rings. The van der Waals surface area contributed by atoms with E-state index in [1.807, 2.05) is 157 Å². The number of benzene rings is 8. The zero-order valence-electron chi connectivity index (χ0n) is 79.8. The molecule has 0 saturated carbocycles. The number of pyridine rings is 3. The maximum absolute atomic E-state index is 15.1. The molecule has 8 aliphatic rings. The van der Waals surface area contributed by atoms with E-state index in [9.17, 15) is 19.2 Å². The van der Waals surface area contributed by atoms with Crippen molar-refractivity contribution >= 4 is 66.7 Å². The lowest BCUT2D eigenvalue weighted by molar-refractivity contribution is -0.122. The number of para-hydroxylation sites is 2. The van der Waals surface area contributed by atoms with Crippen molar-refractivity contribution in [2.45, 2.75) is 128 Å². The Kier molecular flexibility index (Phi) is 23.9. The third-order valence-corrected chi connectivity index (χ3v) is 31.1. The molecule has 8 heterocycles. The minimum absolute atomic E-state index is 0.0000220. The van der Waals surface area contributed by atoms with E-state index in [0.29, 0.717) is 99.7 Å². The summed E-state index contributed by atoms with van der Waals surface area (Å²) in [6.45, 7) is 46.2. The topological polar surface area (TPSA) is 253 Å². The molecule has 21 nitrogen and oxygen atoms in total. The molecular weight excluding hydrogens is 1810 g/mol. The summed E-state index contributed by atoms with van der Waals surface area (Å²) in [5.74, 6) is -1.31. The number of allylic oxidation sites excluding steroid dienone is 8.